The maximum absolute atomic E-state index is 13.8. The van der Waals surface area contributed by atoms with Gasteiger partial charge in [-0.15, -0.1) is 0 Å². The largest absolute Gasteiger partial charge is 0.494 e. The molecular weight excluding hydrogens is 312 g/mol. The molecule has 3 rings (SSSR count). The van der Waals surface area contributed by atoms with Crippen molar-refractivity contribution in [2.24, 2.45) is 0 Å². The summed E-state index contributed by atoms with van der Waals surface area (Å²) in [5.74, 6) is -0.609. The van der Waals surface area contributed by atoms with E-state index in [1.807, 2.05) is 0 Å². The number of hydrogen-bond donors (Lipinski definition) is 0. The predicted molar refractivity (Wildman–Crippen MR) is 86.7 cm³/mol. The lowest BCUT2D eigenvalue weighted by molar-refractivity contribution is -0.133. The van der Waals surface area contributed by atoms with E-state index < -0.39 is 11.2 Å². The van der Waals surface area contributed by atoms with Crippen LogP contribution in [0.15, 0.2) is 42.5 Å². The van der Waals surface area contributed by atoms with Crippen LogP contribution in [0.4, 0.5) is 8.78 Å². The Morgan fingerprint density at radius 3 is 2.38 bits per heavy atom. The highest BCUT2D eigenvalue weighted by Gasteiger charge is 2.52. The zero-order chi connectivity index (χ0) is 17.3. The summed E-state index contributed by atoms with van der Waals surface area (Å²) < 4.78 is 31.8. The lowest BCUT2D eigenvalue weighted by Crippen LogP contribution is -2.36. The minimum absolute atomic E-state index is 0.0228. The Morgan fingerprint density at radius 1 is 1.17 bits per heavy atom. The summed E-state index contributed by atoms with van der Waals surface area (Å²) in [6, 6.07) is 10.8. The van der Waals surface area contributed by atoms with Gasteiger partial charge in [0.25, 0.3) is 0 Å². The van der Waals surface area contributed by atoms with Crippen LogP contribution in [0, 0.1) is 11.6 Å². The van der Waals surface area contributed by atoms with E-state index in [4.69, 9.17) is 4.74 Å². The molecule has 2 aromatic rings. The molecule has 0 atom stereocenters. The number of carbonyl (C=O) groups is 1. The molecule has 0 heterocycles. The van der Waals surface area contributed by atoms with E-state index in [2.05, 4.69) is 0 Å². The van der Waals surface area contributed by atoms with Crippen molar-refractivity contribution in [2.75, 3.05) is 14.2 Å². The predicted octanol–water partition coefficient (Wildman–Crippen LogP) is 3.66. The first-order valence-corrected chi connectivity index (χ1v) is 7.80. The normalized spacial score (nSPS) is 15.0. The molecule has 0 spiro atoms. The lowest BCUT2D eigenvalue weighted by Gasteiger charge is -2.24. The molecule has 3 nitrogen and oxygen atoms in total. The molecule has 0 unspecified atom stereocenters. The third-order valence-electron chi connectivity index (χ3n) is 4.54. The first-order chi connectivity index (χ1) is 11.5. The molecule has 0 aromatic heterocycles. The van der Waals surface area contributed by atoms with Gasteiger partial charge in [-0.2, -0.15) is 0 Å². The molecule has 0 radical (unpaired) electrons. The SMILES string of the molecule is COc1ccc(CN(C)C(=O)C2(c3ccc(F)cc3)CC2)cc1F. The summed E-state index contributed by atoms with van der Waals surface area (Å²) in [6.07, 6.45) is 1.50. The van der Waals surface area contributed by atoms with Crippen LogP contribution in [0.5, 0.6) is 5.75 Å². The molecule has 126 valence electrons. The van der Waals surface area contributed by atoms with Crippen LogP contribution >= 0.6 is 0 Å². The van der Waals surface area contributed by atoms with Crippen LogP contribution in [-0.4, -0.2) is 25.0 Å². The first-order valence-electron chi connectivity index (χ1n) is 7.80. The first kappa shape index (κ1) is 16.4. The lowest BCUT2D eigenvalue weighted by atomic mass is 9.94. The number of methoxy groups -OCH3 is 1. The minimum Gasteiger partial charge on any atom is -0.494 e. The Morgan fingerprint density at radius 2 is 1.83 bits per heavy atom. The van der Waals surface area contributed by atoms with E-state index in [0.717, 1.165) is 18.4 Å². The van der Waals surface area contributed by atoms with Crippen LogP contribution in [0.3, 0.4) is 0 Å². The van der Waals surface area contributed by atoms with E-state index >= 15 is 0 Å². The average molecular weight is 331 g/mol. The van der Waals surface area contributed by atoms with Gasteiger partial charge in [-0.25, -0.2) is 8.78 Å². The van der Waals surface area contributed by atoms with Gasteiger partial charge in [-0.3, -0.25) is 4.79 Å². The van der Waals surface area contributed by atoms with Gasteiger partial charge in [0.15, 0.2) is 11.6 Å². The van der Waals surface area contributed by atoms with Crippen molar-refractivity contribution in [1.82, 2.24) is 4.90 Å². The molecule has 0 aliphatic heterocycles. The summed E-state index contributed by atoms with van der Waals surface area (Å²) in [5, 5.41) is 0. The van der Waals surface area contributed by atoms with Gasteiger partial charge in [0, 0.05) is 13.6 Å². The molecule has 0 bridgehead atoms. The molecule has 1 aliphatic rings. The second-order valence-electron chi connectivity index (χ2n) is 6.22. The summed E-state index contributed by atoms with van der Waals surface area (Å²) in [4.78, 5) is 14.4. The Bertz CT molecular complexity index is 754. The van der Waals surface area contributed by atoms with Crippen LogP contribution in [0.25, 0.3) is 0 Å². The van der Waals surface area contributed by atoms with Crippen molar-refractivity contribution in [3.8, 4) is 5.75 Å². The molecule has 0 saturated heterocycles. The van der Waals surface area contributed by atoms with Gasteiger partial charge >= 0.3 is 0 Å². The molecule has 2 aromatic carbocycles. The van der Waals surface area contributed by atoms with Crippen molar-refractivity contribution >= 4 is 5.91 Å². The molecule has 1 fully saturated rings. The number of benzene rings is 2. The topological polar surface area (TPSA) is 29.5 Å². The van der Waals surface area contributed by atoms with E-state index in [9.17, 15) is 13.6 Å². The Labute approximate surface area is 139 Å². The molecule has 0 N–H and O–H groups in total. The average Bonchev–Trinajstić information content (AvgIpc) is 3.36. The van der Waals surface area contributed by atoms with Crippen LogP contribution in [-0.2, 0) is 16.8 Å². The summed E-state index contributed by atoms with van der Waals surface area (Å²) in [7, 11) is 3.11. The van der Waals surface area contributed by atoms with Crippen LogP contribution in [0.1, 0.15) is 24.0 Å². The van der Waals surface area contributed by atoms with E-state index in [1.165, 1.54) is 25.3 Å². The van der Waals surface area contributed by atoms with Gasteiger partial charge in [-0.1, -0.05) is 18.2 Å². The minimum atomic E-state index is -0.562. The second kappa shape index (κ2) is 6.23. The number of likely N-dealkylation sites (N-methyl/N-ethyl adjacent to an activating group) is 1. The molecule has 1 aliphatic carbocycles. The van der Waals surface area contributed by atoms with Crippen molar-refractivity contribution in [2.45, 2.75) is 24.8 Å². The number of halogens is 2. The van der Waals surface area contributed by atoms with Crippen LogP contribution in [0.2, 0.25) is 0 Å². The highest BCUT2D eigenvalue weighted by Crippen LogP contribution is 2.49. The number of hydrogen-bond acceptors (Lipinski definition) is 2. The molecule has 1 amide bonds. The maximum Gasteiger partial charge on any atom is 0.233 e. The van der Waals surface area contributed by atoms with Gasteiger partial charge < -0.3 is 9.64 Å². The van der Waals surface area contributed by atoms with Gasteiger partial charge in [-0.05, 0) is 48.2 Å². The summed E-state index contributed by atoms with van der Waals surface area (Å²) >= 11 is 0. The zero-order valence-corrected chi connectivity index (χ0v) is 13.7. The maximum atomic E-state index is 13.8. The number of ether oxygens (including phenoxy) is 1. The highest BCUT2D eigenvalue weighted by atomic mass is 19.1. The highest BCUT2D eigenvalue weighted by molar-refractivity contribution is 5.91. The monoisotopic (exact) mass is 331 g/mol. The number of rotatable bonds is 5. The Hall–Kier alpha value is -2.43. The Balaban J connectivity index is 1.75. The van der Waals surface area contributed by atoms with Crippen molar-refractivity contribution in [1.29, 1.82) is 0 Å². The summed E-state index contributed by atoms with van der Waals surface area (Å²) in [6.45, 7) is 0.308. The fourth-order valence-corrected chi connectivity index (χ4v) is 3.04. The number of nitrogens with zero attached hydrogens (tertiary/aromatic N) is 1. The van der Waals surface area contributed by atoms with E-state index in [0.29, 0.717) is 12.1 Å². The molecule has 5 heteroatoms. The molecular formula is C19H19F2NO2. The van der Waals surface area contributed by atoms with E-state index in [1.54, 1.807) is 36.2 Å². The van der Waals surface area contributed by atoms with Gasteiger partial charge in [0.1, 0.15) is 5.82 Å². The third kappa shape index (κ3) is 2.98. The van der Waals surface area contributed by atoms with E-state index in [-0.39, 0.29) is 17.5 Å². The Kier molecular flexibility index (Phi) is 4.26. The fourth-order valence-electron chi connectivity index (χ4n) is 3.04. The molecule has 24 heavy (non-hydrogen) atoms. The zero-order valence-electron chi connectivity index (χ0n) is 13.7. The van der Waals surface area contributed by atoms with Gasteiger partial charge in [0.2, 0.25) is 5.91 Å². The van der Waals surface area contributed by atoms with Gasteiger partial charge in [0.05, 0.1) is 12.5 Å². The quantitative estimate of drug-likeness (QED) is 0.837. The fraction of sp³-hybridized carbons (Fsp3) is 0.316. The van der Waals surface area contributed by atoms with Crippen molar-refractivity contribution < 1.29 is 18.3 Å². The standard InChI is InChI=1S/C19H19F2NO2/c1-22(12-13-3-8-17(24-2)16(21)11-13)18(23)19(9-10-19)14-4-6-15(20)7-5-14/h3-8,11H,9-10,12H2,1-2H3. The van der Waals surface area contributed by atoms with Crippen molar-refractivity contribution in [3.63, 3.8) is 0 Å². The van der Waals surface area contributed by atoms with Crippen molar-refractivity contribution in [3.05, 3.63) is 65.2 Å². The number of carbonyl (C=O) groups excluding carboxylic acids is 1. The third-order valence-corrected chi connectivity index (χ3v) is 4.54. The smallest absolute Gasteiger partial charge is 0.233 e. The summed E-state index contributed by atoms with van der Waals surface area (Å²) in [5.41, 5.74) is 0.966. The second-order valence-corrected chi connectivity index (χ2v) is 6.22. The van der Waals surface area contributed by atoms with Crippen LogP contribution < -0.4 is 4.74 Å². The number of amides is 1. The molecule has 1 saturated carbocycles.